The van der Waals surface area contributed by atoms with Crippen LogP contribution >= 0.6 is 11.6 Å². The van der Waals surface area contributed by atoms with Gasteiger partial charge in [-0.15, -0.1) is 0 Å². The Morgan fingerprint density at radius 2 is 2.16 bits per heavy atom. The molecule has 0 spiro atoms. The van der Waals surface area contributed by atoms with Gasteiger partial charge in [0.05, 0.1) is 23.5 Å². The second kappa shape index (κ2) is 6.70. The quantitative estimate of drug-likeness (QED) is 0.826. The van der Waals surface area contributed by atoms with Crippen molar-refractivity contribution in [2.75, 3.05) is 20.3 Å². The highest BCUT2D eigenvalue weighted by molar-refractivity contribution is 6.32. The number of methoxy groups -OCH3 is 1. The molecule has 0 radical (unpaired) electrons. The summed E-state index contributed by atoms with van der Waals surface area (Å²) in [7, 11) is 1.70. The minimum Gasteiger partial charge on any atom is -0.383 e. The summed E-state index contributed by atoms with van der Waals surface area (Å²) in [6.07, 6.45) is 1.87. The second-order valence-electron chi connectivity index (χ2n) is 4.29. The summed E-state index contributed by atoms with van der Waals surface area (Å²) in [6, 6.07) is 7.70. The van der Waals surface area contributed by atoms with Crippen LogP contribution < -0.4 is 5.32 Å². The number of para-hydroxylation sites is 1. The van der Waals surface area contributed by atoms with Crippen LogP contribution in [-0.2, 0) is 11.3 Å². The molecule has 2 rings (SSSR count). The number of hydrogen-bond acceptors (Lipinski definition) is 3. The Hall–Kier alpha value is -1.36. The van der Waals surface area contributed by atoms with Gasteiger partial charge < -0.3 is 10.1 Å². The normalized spacial score (nSPS) is 10.9. The first kappa shape index (κ1) is 14.1. The lowest BCUT2D eigenvalue weighted by Gasteiger charge is -2.08. The maximum absolute atomic E-state index is 6.19. The van der Waals surface area contributed by atoms with Gasteiger partial charge in [-0.2, -0.15) is 5.10 Å². The van der Waals surface area contributed by atoms with Crippen LogP contribution in [0, 0.1) is 6.92 Å². The molecule has 0 atom stereocenters. The average molecular weight is 280 g/mol. The van der Waals surface area contributed by atoms with E-state index in [9.17, 15) is 0 Å². The van der Waals surface area contributed by atoms with Crippen LogP contribution in [0.5, 0.6) is 0 Å². The smallest absolute Gasteiger partial charge is 0.0834 e. The Kier molecular flexibility index (Phi) is 4.96. The molecule has 1 N–H and O–H groups in total. The Labute approximate surface area is 118 Å². The van der Waals surface area contributed by atoms with Crippen molar-refractivity contribution in [3.63, 3.8) is 0 Å². The van der Waals surface area contributed by atoms with E-state index in [0.717, 1.165) is 30.0 Å². The van der Waals surface area contributed by atoms with E-state index in [2.05, 4.69) is 10.4 Å². The van der Waals surface area contributed by atoms with Crippen LogP contribution in [0.15, 0.2) is 30.5 Å². The van der Waals surface area contributed by atoms with E-state index in [0.29, 0.717) is 11.6 Å². The average Bonchev–Trinajstić information content (AvgIpc) is 2.77. The zero-order valence-corrected chi connectivity index (χ0v) is 11.9. The van der Waals surface area contributed by atoms with Crippen molar-refractivity contribution in [1.82, 2.24) is 15.1 Å². The Balaban J connectivity index is 2.12. The first-order valence-electron chi connectivity index (χ1n) is 6.22. The fourth-order valence-electron chi connectivity index (χ4n) is 1.88. The monoisotopic (exact) mass is 279 g/mol. The minimum absolute atomic E-state index is 0.701. The third-order valence-electron chi connectivity index (χ3n) is 2.99. The van der Waals surface area contributed by atoms with Gasteiger partial charge in [-0.1, -0.05) is 23.7 Å². The molecule has 0 saturated heterocycles. The molecule has 0 unspecified atom stereocenters. The van der Waals surface area contributed by atoms with Crippen molar-refractivity contribution in [2.45, 2.75) is 13.5 Å². The number of hydrogen-bond donors (Lipinski definition) is 1. The number of rotatable bonds is 6. The van der Waals surface area contributed by atoms with Gasteiger partial charge in [-0.05, 0) is 19.1 Å². The van der Waals surface area contributed by atoms with E-state index >= 15 is 0 Å². The lowest BCUT2D eigenvalue weighted by molar-refractivity contribution is 0.199. The lowest BCUT2D eigenvalue weighted by Crippen LogP contribution is -2.18. The van der Waals surface area contributed by atoms with Gasteiger partial charge in [0.2, 0.25) is 0 Å². The number of aromatic nitrogens is 2. The molecule has 0 fully saturated rings. The molecule has 0 aliphatic rings. The Bertz CT molecular complexity index is 539. The van der Waals surface area contributed by atoms with Gasteiger partial charge in [-0.25, -0.2) is 4.68 Å². The van der Waals surface area contributed by atoms with Crippen LogP contribution in [0.3, 0.4) is 0 Å². The van der Waals surface area contributed by atoms with E-state index in [1.807, 2.05) is 42.1 Å². The summed E-state index contributed by atoms with van der Waals surface area (Å²) in [5.74, 6) is 0. The molecular formula is C14H18ClN3O. The van der Waals surface area contributed by atoms with E-state index < -0.39 is 0 Å². The van der Waals surface area contributed by atoms with Crippen molar-refractivity contribution >= 4 is 11.6 Å². The first-order chi connectivity index (χ1) is 9.24. The van der Waals surface area contributed by atoms with E-state index in [-0.39, 0.29) is 0 Å². The van der Waals surface area contributed by atoms with E-state index in [4.69, 9.17) is 16.3 Å². The highest BCUT2D eigenvalue weighted by Gasteiger charge is 2.09. The summed E-state index contributed by atoms with van der Waals surface area (Å²) < 4.78 is 6.87. The fourth-order valence-corrected chi connectivity index (χ4v) is 2.10. The third-order valence-corrected chi connectivity index (χ3v) is 3.31. The van der Waals surface area contributed by atoms with Crippen molar-refractivity contribution in [3.8, 4) is 5.69 Å². The lowest BCUT2D eigenvalue weighted by atomic mass is 10.2. The van der Waals surface area contributed by atoms with E-state index in [1.165, 1.54) is 0 Å². The molecule has 5 heteroatoms. The van der Waals surface area contributed by atoms with Gasteiger partial charge in [0.15, 0.2) is 0 Å². The number of nitrogens with one attached hydrogen (secondary N) is 1. The van der Waals surface area contributed by atoms with Crippen molar-refractivity contribution in [2.24, 2.45) is 0 Å². The zero-order chi connectivity index (χ0) is 13.7. The summed E-state index contributed by atoms with van der Waals surface area (Å²) >= 11 is 6.19. The molecule has 2 aromatic rings. The maximum Gasteiger partial charge on any atom is 0.0834 e. The molecule has 0 aliphatic carbocycles. The molecule has 0 aliphatic heterocycles. The van der Waals surface area contributed by atoms with Crippen LogP contribution in [0.1, 0.15) is 11.3 Å². The van der Waals surface area contributed by atoms with Crippen molar-refractivity contribution < 1.29 is 4.74 Å². The summed E-state index contributed by atoms with van der Waals surface area (Å²) in [5, 5.41) is 8.42. The molecule has 4 nitrogen and oxygen atoms in total. The fraction of sp³-hybridized carbons (Fsp3) is 0.357. The summed E-state index contributed by atoms with van der Waals surface area (Å²) in [4.78, 5) is 0. The molecule has 19 heavy (non-hydrogen) atoms. The number of ether oxygens (including phenoxy) is 1. The molecule has 1 aromatic carbocycles. The van der Waals surface area contributed by atoms with Crippen LogP contribution in [-0.4, -0.2) is 30.0 Å². The van der Waals surface area contributed by atoms with Crippen molar-refractivity contribution in [3.05, 3.63) is 46.7 Å². The molecular weight excluding hydrogens is 262 g/mol. The van der Waals surface area contributed by atoms with Crippen LogP contribution in [0.4, 0.5) is 0 Å². The molecule has 102 valence electrons. The number of benzene rings is 1. The Morgan fingerprint density at radius 3 is 2.89 bits per heavy atom. The molecule has 0 amide bonds. The minimum atomic E-state index is 0.701. The van der Waals surface area contributed by atoms with Gasteiger partial charge in [0, 0.05) is 31.5 Å². The third kappa shape index (κ3) is 3.35. The van der Waals surface area contributed by atoms with Gasteiger partial charge in [-0.3, -0.25) is 0 Å². The summed E-state index contributed by atoms with van der Waals surface area (Å²) in [5.41, 5.74) is 3.17. The van der Waals surface area contributed by atoms with Crippen LogP contribution in [0.2, 0.25) is 5.02 Å². The predicted octanol–water partition coefficient (Wildman–Crippen LogP) is 2.57. The van der Waals surface area contributed by atoms with Gasteiger partial charge in [0.1, 0.15) is 0 Å². The molecule has 1 aromatic heterocycles. The van der Waals surface area contributed by atoms with E-state index in [1.54, 1.807) is 7.11 Å². The topological polar surface area (TPSA) is 39.1 Å². The highest BCUT2D eigenvalue weighted by Crippen LogP contribution is 2.21. The first-order valence-corrected chi connectivity index (χ1v) is 6.60. The van der Waals surface area contributed by atoms with Gasteiger partial charge >= 0.3 is 0 Å². The zero-order valence-electron chi connectivity index (χ0n) is 11.2. The second-order valence-corrected chi connectivity index (χ2v) is 4.70. The molecule has 1 heterocycles. The Morgan fingerprint density at radius 1 is 1.37 bits per heavy atom. The van der Waals surface area contributed by atoms with Crippen LogP contribution in [0.25, 0.3) is 5.69 Å². The maximum atomic E-state index is 6.19. The number of nitrogens with zero attached hydrogens (tertiary/aromatic N) is 2. The molecule has 0 saturated carbocycles. The molecule has 0 bridgehead atoms. The van der Waals surface area contributed by atoms with Crippen molar-refractivity contribution in [1.29, 1.82) is 0 Å². The standard InChI is InChI=1S/C14H18ClN3O/c1-11-12(9-16-7-8-19-2)10-17-18(11)14-6-4-3-5-13(14)15/h3-6,10,16H,7-9H2,1-2H3. The number of halogens is 1. The largest absolute Gasteiger partial charge is 0.383 e. The summed E-state index contributed by atoms with van der Waals surface area (Å²) in [6.45, 7) is 4.36. The predicted molar refractivity (Wildman–Crippen MR) is 76.9 cm³/mol. The highest BCUT2D eigenvalue weighted by atomic mass is 35.5. The SMILES string of the molecule is COCCNCc1cnn(-c2ccccc2Cl)c1C. The van der Waals surface area contributed by atoms with Gasteiger partial charge in [0.25, 0.3) is 0 Å².